The molecular weight excluding hydrogens is 384 g/mol. The second-order valence-corrected chi connectivity index (χ2v) is 9.02. The van der Waals surface area contributed by atoms with Gasteiger partial charge in [-0.15, -0.1) is 0 Å². The lowest BCUT2D eigenvalue weighted by molar-refractivity contribution is -0.384. The molecule has 1 aromatic rings. The van der Waals surface area contributed by atoms with Crippen molar-refractivity contribution in [3.05, 3.63) is 28.3 Å². The molecule has 0 N–H and O–H groups in total. The van der Waals surface area contributed by atoms with Gasteiger partial charge in [-0.3, -0.25) is 14.9 Å². The van der Waals surface area contributed by atoms with E-state index in [0.717, 1.165) is 18.9 Å². The Morgan fingerprint density at radius 1 is 1.18 bits per heavy atom. The molecule has 1 aliphatic heterocycles. The monoisotopic (exact) mass is 410 g/mol. The molecule has 1 heterocycles. The Labute approximate surface area is 165 Å². The summed E-state index contributed by atoms with van der Waals surface area (Å²) in [5, 5.41) is 11.6. The summed E-state index contributed by atoms with van der Waals surface area (Å²) in [5.41, 5.74) is 0.164. The molecule has 1 saturated carbocycles. The number of hydrogen-bond donors (Lipinski definition) is 0. The zero-order valence-corrected chi connectivity index (χ0v) is 17.0. The van der Waals surface area contributed by atoms with Crippen molar-refractivity contribution in [2.24, 2.45) is 5.92 Å². The van der Waals surface area contributed by atoms with Crippen molar-refractivity contribution in [2.75, 3.05) is 44.2 Å². The topological polar surface area (TPSA) is 104 Å². The predicted octanol–water partition coefficient (Wildman–Crippen LogP) is 1.68. The highest BCUT2D eigenvalue weighted by Gasteiger charge is 2.35. The molecule has 1 aliphatic carbocycles. The number of nitro groups is 1. The van der Waals surface area contributed by atoms with Crippen molar-refractivity contribution in [3.8, 4) is 0 Å². The third-order valence-electron chi connectivity index (χ3n) is 5.35. The third-order valence-corrected chi connectivity index (χ3v) is 7.39. The molecule has 2 aliphatic rings. The Balaban J connectivity index is 1.82. The lowest BCUT2D eigenvalue weighted by Crippen LogP contribution is -2.49. The van der Waals surface area contributed by atoms with Crippen LogP contribution < -0.4 is 4.90 Å². The number of amides is 1. The Kier molecular flexibility index (Phi) is 5.90. The summed E-state index contributed by atoms with van der Waals surface area (Å²) in [6.45, 7) is 6.07. The first-order chi connectivity index (χ1) is 13.3. The number of hydrogen-bond acceptors (Lipinski definition) is 6. The van der Waals surface area contributed by atoms with Gasteiger partial charge >= 0.3 is 0 Å². The van der Waals surface area contributed by atoms with Crippen LogP contribution in [0.3, 0.4) is 0 Å². The van der Waals surface area contributed by atoms with Crippen molar-refractivity contribution in [1.82, 2.24) is 9.21 Å². The average Bonchev–Trinajstić information content (AvgIpc) is 3.53. The Morgan fingerprint density at radius 2 is 1.79 bits per heavy atom. The second kappa shape index (κ2) is 8.04. The quantitative estimate of drug-likeness (QED) is 0.500. The molecule has 1 amide bonds. The van der Waals surface area contributed by atoms with Gasteiger partial charge in [0.05, 0.1) is 9.82 Å². The summed E-state index contributed by atoms with van der Waals surface area (Å²) < 4.78 is 26.7. The van der Waals surface area contributed by atoms with Gasteiger partial charge in [-0.25, -0.2) is 8.42 Å². The van der Waals surface area contributed by atoms with Gasteiger partial charge in [0.2, 0.25) is 15.9 Å². The number of benzene rings is 1. The molecule has 2 fully saturated rings. The molecule has 0 radical (unpaired) electrons. The molecule has 28 heavy (non-hydrogen) atoms. The van der Waals surface area contributed by atoms with E-state index in [2.05, 4.69) is 0 Å². The standard InChI is InChI=1S/C18H26N4O5S/c1-3-21(4-2)28(26,27)15-7-8-16(17(13-15)22(24)25)19-9-11-20(12-10-19)18(23)14-5-6-14/h7-8,13-14H,3-6,9-12H2,1-2H3. The Bertz CT molecular complexity index is 857. The normalized spacial score (nSPS) is 17.8. The Morgan fingerprint density at radius 3 is 2.29 bits per heavy atom. The summed E-state index contributed by atoms with van der Waals surface area (Å²) >= 11 is 0. The highest BCUT2D eigenvalue weighted by atomic mass is 32.2. The lowest BCUT2D eigenvalue weighted by atomic mass is 10.2. The van der Waals surface area contributed by atoms with E-state index in [0.29, 0.717) is 45.0 Å². The maximum Gasteiger partial charge on any atom is 0.293 e. The van der Waals surface area contributed by atoms with Gasteiger partial charge in [0, 0.05) is 51.3 Å². The molecule has 10 heteroatoms. The van der Waals surface area contributed by atoms with E-state index in [1.807, 2.05) is 9.80 Å². The maximum atomic E-state index is 12.7. The number of anilines is 1. The number of piperazine rings is 1. The van der Waals surface area contributed by atoms with Gasteiger partial charge in [0.15, 0.2) is 0 Å². The van der Waals surface area contributed by atoms with E-state index in [1.54, 1.807) is 13.8 Å². The minimum Gasteiger partial charge on any atom is -0.362 e. The molecule has 9 nitrogen and oxygen atoms in total. The van der Waals surface area contributed by atoms with Gasteiger partial charge < -0.3 is 9.80 Å². The van der Waals surface area contributed by atoms with Crippen LogP contribution in [0.15, 0.2) is 23.1 Å². The van der Waals surface area contributed by atoms with Crippen LogP contribution in [0.2, 0.25) is 0 Å². The van der Waals surface area contributed by atoms with Crippen LogP contribution in [-0.4, -0.2) is 67.7 Å². The molecule has 0 aromatic heterocycles. The maximum absolute atomic E-state index is 12.7. The minimum absolute atomic E-state index is 0.0748. The molecule has 1 saturated heterocycles. The van der Waals surface area contributed by atoms with Crippen LogP contribution >= 0.6 is 0 Å². The van der Waals surface area contributed by atoms with Crippen LogP contribution in [0.4, 0.5) is 11.4 Å². The van der Waals surface area contributed by atoms with Gasteiger partial charge in [-0.2, -0.15) is 4.31 Å². The lowest BCUT2D eigenvalue weighted by Gasteiger charge is -2.36. The minimum atomic E-state index is -3.77. The Hall–Kier alpha value is -2.20. The van der Waals surface area contributed by atoms with Crippen LogP contribution in [0.25, 0.3) is 0 Å². The van der Waals surface area contributed by atoms with E-state index in [1.165, 1.54) is 16.4 Å². The number of nitro benzene ring substituents is 1. The fraction of sp³-hybridized carbons (Fsp3) is 0.611. The predicted molar refractivity (Wildman–Crippen MR) is 105 cm³/mol. The van der Waals surface area contributed by atoms with E-state index in [4.69, 9.17) is 0 Å². The molecule has 0 unspecified atom stereocenters. The number of nitrogens with zero attached hydrogens (tertiary/aromatic N) is 4. The molecule has 0 atom stereocenters. The van der Waals surface area contributed by atoms with Crippen LogP contribution in [-0.2, 0) is 14.8 Å². The van der Waals surface area contributed by atoms with Crippen molar-refractivity contribution < 1.29 is 18.1 Å². The van der Waals surface area contributed by atoms with Crippen molar-refractivity contribution in [1.29, 1.82) is 0 Å². The first kappa shape index (κ1) is 20.5. The molecule has 3 rings (SSSR count). The summed E-state index contributed by atoms with van der Waals surface area (Å²) in [7, 11) is -3.77. The van der Waals surface area contributed by atoms with Crippen molar-refractivity contribution in [3.63, 3.8) is 0 Å². The number of carbonyl (C=O) groups excluding carboxylic acids is 1. The molecule has 154 valence electrons. The highest BCUT2D eigenvalue weighted by Crippen LogP contribution is 2.34. The fourth-order valence-corrected chi connectivity index (χ4v) is 5.02. The van der Waals surface area contributed by atoms with Crippen LogP contribution in [0.1, 0.15) is 26.7 Å². The smallest absolute Gasteiger partial charge is 0.293 e. The van der Waals surface area contributed by atoms with Crippen molar-refractivity contribution >= 4 is 27.3 Å². The summed E-state index contributed by atoms with van der Waals surface area (Å²) in [5.74, 6) is 0.334. The SMILES string of the molecule is CCN(CC)S(=O)(=O)c1ccc(N2CCN(C(=O)C3CC3)CC2)c([N+](=O)[O-])c1. The molecular formula is C18H26N4O5S. The third kappa shape index (κ3) is 3.97. The van der Waals surface area contributed by atoms with Crippen LogP contribution in [0.5, 0.6) is 0 Å². The summed E-state index contributed by atoms with van der Waals surface area (Å²) in [4.78, 5) is 26.9. The van der Waals surface area contributed by atoms with E-state index >= 15 is 0 Å². The second-order valence-electron chi connectivity index (χ2n) is 7.08. The van der Waals surface area contributed by atoms with Gasteiger partial charge in [0.1, 0.15) is 5.69 Å². The molecule has 0 bridgehead atoms. The number of carbonyl (C=O) groups is 1. The average molecular weight is 410 g/mol. The summed E-state index contributed by atoms with van der Waals surface area (Å²) in [6.07, 6.45) is 1.90. The van der Waals surface area contributed by atoms with Gasteiger partial charge in [-0.1, -0.05) is 13.8 Å². The summed E-state index contributed by atoms with van der Waals surface area (Å²) in [6, 6.07) is 4.08. The first-order valence-electron chi connectivity index (χ1n) is 9.61. The van der Waals surface area contributed by atoms with Gasteiger partial charge in [0.25, 0.3) is 5.69 Å². The number of rotatable bonds is 7. The largest absolute Gasteiger partial charge is 0.362 e. The van der Waals surface area contributed by atoms with Gasteiger partial charge in [-0.05, 0) is 25.0 Å². The first-order valence-corrected chi connectivity index (χ1v) is 11.1. The van der Waals surface area contributed by atoms with Crippen molar-refractivity contribution in [2.45, 2.75) is 31.6 Å². The zero-order chi connectivity index (χ0) is 20.5. The van der Waals surface area contributed by atoms with E-state index in [-0.39, 0.29) is 22.4 Å². The number of sulfonamides is 1. The highest BCUT2D eigenvalue weighted by molar-refractivity contribution is 7.89. The fourth-order valence-electron chi connectivity index (χ4n) is 3.55. The zero-order valence-electron chi connectivity index (χ0n) is 16.2. The molecule has 0 spiro atoms. The van der Waals surface area contributed by atoms with E-state index in [9.17, 15) is 23.3 Å². The van der Waals surface area contributed by atoms with E-state index < -0.39 is 14.9 Å². The molecule has 1 aromatic carbocycles. The van der Waals surface area contributed by atoms with Crippen LogP contribution in [0, 0.1) is 16.0 Å².